The molecule has 0 radical (unpaired) electrons. The van der Waals surface area contributed by atoms with Crippen LogP contribution in [0.25, 0.3) is 22.2 Å². The number of H-pyrrole nitrogens is 1. The maximum absolute atomic E-state index is 9.03. The second kappa shape index (κ2) is 6.40. The van der Waals surface area contributed by atoms with Gasteiger partial charge in [-0.2, -0.15) is 15.3 Å². The zero-order chi connectivity index (χ0) is 17.2. The Kier molecular flexibility index (Phi) is 3.94. The van der Waals surface area contributed by atoms with Crippen LogP contribution in [0.1, 0.15) is 25.7 Å². The van der Waals surface area contributed by atoms with Crippen molar-refractivity contribution in [3.8, 4) is 17.3 Å². The molecule has 0 bridgehead atoms. The predicted octanol–water partition coefficient (Wildman–Crippen LogP) is 3.10. The van der Waals surface area contributed by atoms with Crippen molar-refractivity contribution < 1.29 is 0 Å². The van der Waals surface area contributed by atoms with E-state index < -0.39 is 0 Å². The van der Waals surface area contributed by atoms with E-state index in [-0.39, 0.29) is 11.9 Å². The standard InChI is InChI=1S/C18H19N7/c19-10-11-1-4-13(5-2-11)22-17-14-6-3-12(15-7-8-21-25-15)9-16(14)23-18(20)24-17/h3,6-9,11,13H,1-2,4-5H2,(H,21,25)(H3,20,22,23,24)/t11-,13-. The van der Waals surface area contributed by atoms with Crippen LogP contribution in [-0.2, 0) is 0 Å². The van der Waals surface area contributed by atoms with Gasteiger partial charge in [0.25, 0.3) is 0 Å². The number of aromatic nitrogens is 4. The first-order valence-corrected chi connectivity index (χ1v) is 8.46. The summed E-state index contributed by atoms with van der Waals surface area (Å²) in [7, 11) is 0. The van der Waals surface area contributed by atoms with Gasteiger partial charge in [-0.05, 0) is 43.9 Å². The molecule has 1 saturated carbocycles. The van der Waals surface area contributed by atoms with E-state index in [1.54, 1.807) is 6.20 Å². The minimum Gasteiger partial charge on any atom is -0.368 e. The number of nitrogens with zero attached hydrogens (tertiary/aromatic N) is 4. The fourth-order valence-corrected chi connectivity index (χ4v) is 3.40. The minimum absolute atomic E-state index is 0.183. The Hall–Kier alpha value is -3.14. The Balaban J connectivity index is 1.64. The van der Waals surface area contributed by atoms with Crippen molar-refractivity contribution in [2.24, 2.45) is 5.92 Å². The van der Waals surface area contributed by atoms with Crippen LogP contribution in [-0.4, -0.2) is 26.2 Å². The van der Waals surface area contributed by atoms with Crippen LogP contribution in [0.3, 0.4) is 0 Å². The monoisotopic (exact) mass is 333 g/mol. The predicted molar refractivity (Wildman–Crippen MR) is 96.5 cm³/mol. The molecule has 1 aromatic carbocycles. The summed E-state index contributed by atoms with van der Waals surface area (Å²) in [5, 5.41) is 20.4. The number of nitrogen functional groups attached to an aromatic ring is 1. The van der Waals surface area contributed by atoms with E-state index in [9.17, 15) is 0 Å². The molecule has 7 nitrogen and oxygen atoms in total. The highest BCUT2D eigenvalue weighted by Gasteiger charge is 2.21. The molecule has 1 fully saturated rings. The molecule has 25 heavy (non-hydrogen) atoms. The number of anilines is 2. The zero-order valence-corrected chi connectivity index (χ0v) is 13.7. The van der Waals surface area contributed by atoms with Crippen molar-refractivity contribution in [2.45, 2.75) is 31.7 Å². The summed E-state index contributed by atoms with van der Waals surface area (Å²) < 4.78 is 0. The number of nitrogens with two attached hydrogens (primary N) is 1. The van der Waals surface area contributed by atoms with Crippen LogP contribution >= 0.6 is 0 Å². The van der Waals surface area contributed by atoms with Crippen LogP contribution in [0.5, 0.6) is 0 Å². The van der Waals surface area contributed by atoms with E-state index in [0.29, 0.717) is 6.04 Å². The maximum Gasteiger partial charge on any atom is 0.222 e. The van der Waals surface area contributed by atoms with Crippen LogP contribution in [0.2, 0.25) is 0 Å². The summed E-state index contributed by atoms with van der Waals surface area (Å²) in [5.41, 5.74) is 8.65. The third-order valence-electron chi connectivity index (χ3n) is 4.78. The van der Waals surface area contributed by atoms with E-state index in [0.717, 1.165) is 53.7 Å². The third kappa shape index (κ3) is 3.11. The quantitative estimate of drug-likeness (QED) is 0.678. The van der Waals surface area contributed by atoms with Gasteiger partial charge in [-0.3, -0.25) is 5.10 Å². The van der Waals surface area contributed by atoms with Gasteiger partial charge in [0, 0.05) is 29.1 Å². The number of fused-ring (bicyclic) bond motifs is 1. The topological polar surface area (TPSA) is 116 Å². The normalized spacial score (nSPS) is 20.3. The van der Waals surface area contributed by atoms with Gasteiger partial charge in [-0.1, -0.05) is 6.07 Å². The number of hydrogen-bond donors (Lipinski definition) is 3. The summed E-state index contributed by atoms with van der Waals surface area (Å²) in [4.78, 5) is 8.77. The molecule has 3 aromatic rings. The molecule has 7 heteroatoms. The van der Waals surface area contributed by atoms with Crippen molar-refractivity contribution in [1.82, 2.24) is 20.2 Å². The Bertz CT molecular complexity index is 918. The van der Waals surface area contributed by atoms with Crippen molar-refractivity contribution >= 4 is 22.7 Å². The second-order valence-corrected chi connectivity index (χ2v) is 6.45. The van der Waals surface area contributed by atoms with Crippen molar-refractivity contribution in [3.05, 3.63) is 30.5 Å². The van der Waals surface area contributed by atoms with Gasteiger partial charge in [-0.15, -0.1) is 0 Å². The molecule has 1 aliphatic carbocycles. The summed E-state index contributed by atoms with van der Waals surface area (Å²) in [6.07, 6.45) is 5.51. The highest BCUT2D eigenvalue weighted by molar-refractivity contribution is 5.92. The van der Waals surface area contributed by atoms with E-state index in [1.165, 1.54) is 0 Å². The Morgan fingerprint density at radius 2 is 2.00 bits per heavy atom. The Morgan fingerprint density at radius 3 is 2.72 bits per heavy atom. The van der Waals surface area contributed by atoms with Gasteiger partial charge in [0.1, 0.15) is 5.82 Å². The molecule has 0 aliphatic heterocycles. The summed E-state index contributed by atoms with van der Waals surface area (Å²) in [5.74, 6) is 1.20. The molecular formula is C18H19N7. The molecule has 0 amide bonds. The minimum atomic E-state index is 0.183. The average molecular weight is 333 g/mol. The molecule has 126 valence electrons. The summed E-state index contributed by atoms with van der Waals surface area (Å²) in [6, 6.07) is 10.6. The van der Waals surface area contributed by atoms with E-state index in [4.69, 9.17) is 11.0 Å². The molecule has 1 aliphatic rings. The maximum atomic E-state index is 9.03. The number of rotatable bonds is 3. The van der Waals surface area contributed by atoms with E-state index in [1.807, 2.05) is 24.3 Å². The first kappa shape index (κ1) is 15.4. The number of nitrogens with one attached hydrogen (secondary N) is 2. The number of nitriles is 1. The molecule has 0 saturated heterocycles. The molecule has 2 heterocycles. The first-order chi connectivity index (χ1) is 12.2. The number of aromatic amines is 1. The highest BCUT2D eigenvalue weighted by atomic mass is 15.1. The smallest absolute Gasteiger partial charge is 0.222 e. The zero-order valence-electron chi connectivity index (χ0n) is 13.7. The molecule has 0 unspecified atom stereocenters. The molecule has 2 aromatic heterocycles. The van der Waals surface area contributed by atoms with Crippen LogP contribution in [0.15, 0.2) is 30.5 Å². The molecule has 0 spiro atoms. The van der Waals surface area contributed by atoms with Gasteiger partial charge in [0.2, 0.25) is 5.95 Å². The van der Waals surface area contributed by atoms with Crippen molar-refractivity contribution in [1.29, 1.82) is 5.26 Å². The van der Waals surface area contributed by atoms with Crippen molar-refractivity contribution in [3.63, 3.8) is 0 Å². The first-order valence-electron chi connectivity index (χ1n) is 8.46. The summed E-state index contributed by atoms with van der Waals surface area (Å²) in [6.45, 7) is 0. The fourth-order valence-electron chi connectivity index (χ4n) is 3.40. The molecule has 0 atom stereocenters. The molecular weight excluding hydrogens is 314 g/mol. The Labute approximate surface area is 145 Å². The fraction of sp³-hybridized carbons (Fsp3) is 0.333. The SMILES string of the molecule is N#C[C@H]1CC[C@H](Nc2nc(N)nc3cc(-c4ccn[nH]4)ccc23)CC1. The van der Waals surface area contributed by atoms with Gasteiger partial charge in [0.05, 0.1) is 17.3 Å². The third-order valence-corrected chi connectivity index (χ3v) is 4.78. The van der Waals surface area contributed by atoms with Gasteiger partial charge in [-0.25, -0.2) is 4.98 Å². The van der Waals surface area contributed by atoms with Crippen LogP contribution in [0, 0.1) is 17.2 Å². The molecule has 4 rings (SSSR count). The lowest BCUT2D eigenvalue weighted by Gasteiger charge is -2.26. The van der Waals surface area contributed by atoms with Crippen LogP contribution in [0.4, 0.5) is 11.8 Å². The van der Waals surface area contributed by atoms with Crippen molar-refractivity contribution in [2.75, 3.05) is 11.1 Å². The van der Waals surface area contributed by atoms with Gasteiger partial charge < -0.3 is 11.1 Å². The van der Waals surface area contributed by atoms with E-state index >= 15 is 0 Å². The number of benzene rings is 1. The van der Waals surface area contributed by atoms with Gasteiger partial charge in [0.15, 0.2) is 0 Å². The lowest BCUT2D eigenvalue weighted by atomic mass is 9.87. The summed E-state index contributed by atoms with van der Waals surface area (Å²) >= 11 is 0. The largest absolute Gasteiger partial charge is 0.368 e. The van der Waals surface area contributed by atoms with E-state index in [2.05, 4.69) is 31.6 Å². The lowest BCUT2D eigenvalue weighted by molar-refractivity contribution is 0.397. The highest BCUT2D eigenvalue weighted by Crippen LogP contribution is 2.30. The lowest BCUT2D eigenvalue weighted by Crippen LogP contribution is -2.26. The molecule has 4 N–H and O–H groups in total. The Morgan fingerprint density at radius 1 is 1.16 bits per heavy atom. The van der Waals surface area contributed by atoms with Crippen LogP contribution < -0.4 is 11.1 Å². The van der Waals surface area contributed by atoms with Gasteiger partial charge >= 0.3 is 0 Å². The second-order valence-electron chi connectivity index (χ2n) is 6.45. The number of hydrogen-bond acceptors (Lipinski definition) is 6. The average Bonchev–Trinajstić information content (AvgIpc) is 3.16.